The van der Waals surface area contributed by atoms with Crippen molar-refractivity contribution < 1.29 is 13.2 Å². The van der Waals surface area contributed by atoms with Gasteiger partial charge in [-0.05, 0) is 26.2 Å². The van der Waals surface area contributed by atoms with Crippen LogP contribution in [0, 0.1) is 0 Å². The van der Waals surface area contributed by atoms with Crippen molar-refractivity contribution in [2.45, 2.75) is 38.3 Å². The standard InChI is InChI=1S/C11H22N2O3S/c1-10-8-13(6-5-12-10)17(14,15)9-11-4-2-3-7-16-11/h10-12H,2-9H2,1H3/t10-,11?/m1/s1. The van der Waals surface area contributed by atoms with E-state index in [1.165, 1.54) is 0 Å². The number of hydrogen-bond acceptors (Lipinski definition) is 4. The molecule has 2 aliphatic rings. The number of hydrogen-bond donors (Lipinski definition) is 1. The van der Waals surface area contributed by atoms with Gasteiger partial charge in [-0.25, -0.2) is 8.42 Å². The summed E-state index contributed by atoms with van der Waals surface area (Å²) in [7, 11) is -3.15. The van der Waals surface area contributed by atoms with Crippen molar-refractivity contribution in [3.05, 3.63) is 0 Å². The summed E-state index contributed by atoms with van der Waals surface area (Å²) in [5.41, 5.74) is 0. The molecule has 100 valence electrons. The molecule has 2 aliphatic heterocycles. The van der Waals surface area contributed by atoms with Crippen LogP contribution in [0.1, 0.15) is 26.2 Å². The zero-order chi connectivity index (χ0) is 12.3. The Hall–Kier alpha value is -0.170. The van der Waals surface area contributed by atoms with Crippen molar-refractivity contribution in [3.8, 4) is 0 Å². The fourth-order valence-electron chi connectivity index (χ4n) is 2.43. The Bertz CT molecular complexity index is 339. The number of nitrogens with one attached hydrogen (secondary N) is 1. The molecule has 2 rings (SSSR count). The lowest BCUT2D eigenvalue weighted by Gasteiger charge is -2.32. The van der Waals surface area contributed by atoms with Crippen LogP contribution in [0.2, 0.25) is 0 Å². The second-order valence-corrected chi connectivity index (χ2v) is 6.99. The summed E-state index contributed by atoms with van der Waals surface area (Å²) in [5, 5.41) is 3.25. The van der Waals surface area contributed by atoms with E-state index in [4.69, 9.17) is 4.74 Å². The highest BCUT2D eigenvalue weighted by atomic mass is 32.2. The third-order valence-corrected chi connectivity index (χ3v) is 5.31. The molecule has 0 amide bonds. The maximum absolute atomic E-state index is 12.2. The van der Waals surface area contributed by atoms with Gasteiger partial charge in [0.1, 0.15) is 0 Å². The predicted octanol–water partition coefficient (Wildman–Crippen LogP) is 0.179. The molecule has 5 nitrogen and oxygen atoms in total. The Balaban J connectivity index is 1.92. The zero-order valence-electron chi connectivity index (χ0n) is 10.4. The second kappa shape index (κ2) is 5.65. The van der Waals surface area contributed by atoms with Gasteiger partial charge in [-0.15, -0.1) is 0 Å². The molecular formula is C11H22N2O3S. The number of rotatable bonds is 3. The second-order valence-electron chi connectivity index (χ2n) is 4.98. The van der Waals surface area contributed by atoms with Crippen molar-refractivity contribution >= 4 is 10.0 Å². The van der Waals surface area contributed by atoms with E-state index in [1.807, 2.05) is 6.92 Å². The molecule has 1 unspecified atom stereocenters. The monoisotopic (exact) mass is 262 g/mol. The van der Waals surface area contributed by atoms with Crippen molar-refractivity contribution in [2.24, 2.45) is 0 Å². The molecule has 0 radical (unpaired) electrons. The molecule has 1 N–H and O–H groups in total. The van der Waals surface area contributed by atoms with E-state index in [0.29, 0.717) is 19.7 Å². The third-order valence-electron chi connectivity index (χ3n) is 3.40. The normalized spacial score (nSPS) is 32.5. The van der Waals surface area contributed by atoms with Crippen molar-refractivity contribution in [1.29, 1.82) is 0 Å². The van der Waals surface area contributed by atoms with Gasteiger partial charge < -0.3 is 10.1 Å². The summed E-state index contributed by atoms with van der Waals surface area (Å²) < 4.78 is 31.5. The molecule has 2 fully saturated rings. The molecule has 0 bridgehead atoms. The first kappa shape index (κ1) is 13.3. The van der Waals surface area contributed by atoms with Gasteiger partial charge in [0, 0.05) is 32.3 Å². The van der Waals surface area contributed by atoms with Crippen molar-refractivity contribution in [1.82, 2.24) is 9.62 Å². The number of sulfonamides is 1. The third kappa shape index (κ3) is 3.64. The van der Waals surface area contributed by atoms with Gasteiger partial charge in [-0.1, -0.05) is 0 Å². The van der Waals surface area contributed by atoms with E-state index in [0.717, 1.165) is 25.8 Å². The molecule has 0 aromatic rings. The fourth-order valence-corrected chi connectivity index (χ4v) is 4.19. The number of ether oxygens (including phenoxy) is 1. The summed E-state index contributed by atoms with van der Waals surface area (Å²) in [6.07, 6.45) is 2.92. The summed E-state index contributed by atoms with van der Waals surface area (Å²) in [4.78, 5) is 0. The molecule has 0 spiro atoms. The topological polar surface area (TPSA) is 58.6 Å². The van der Waals surface area contributed by atoms with E-state index in [9.17, 15) is 8.42 Å². The fraction of sp³-hybridized carbons (Fsp3) is 1.00. The maximum atomic E-state index is 12.2. The van der Waals surface area contributed by atoms with Crippen LogP contribution >= 0.6 is 0 Å². The van der Waals surface area contributed by atoms with Gasteiger partial charge in [-0.2, -0.15) is 4.31 Å². The minimum absolute atomic E-state index is 0.0982. The number of nitrogens with zero attached hydrogens (tertiary/aromatic N) is 1. The molecule has 17 heavy (non-hydrogen) atoms. The Labute approximate surface area is 104 Å². The molecule has 2 atom stereocenters. The lowest BCUT2D eigenvalue weighted by molar-refractivity contribution is 0.0298. The molecule has 2 heterocycles. The van der Waals surface area contributed by atoms with Crippen molar-refractivity contribution in [3.63, 3.8) is 0 Å². The Kier molecular flexibility index (Phi) is 4.41. The van der Waals surface area contributed by atoms with E-state index in [2.05, 4.69) is 5.32 Å². The summed E-state index contributed by atoms with van der Waals surface area (Å²) in [6, 6.07) is 0.241. The highest BCUT2D eigenvalue weighted by molar-refractivity contribution is 7.89. The summed E-state index contributed by atoms with van der Waals surface area (Å²) in [6.45, 7) is 4.62. The minimum atomic E-state index is -3.15. The van der Waals surface area contributed by atoms with Crippen molar-refractivity contribution in [2.75, 3.05) is 32.0 Å². The lowest BCUT2D eigenvalue weighted by Crippen LogP contribution is -2.52. The molecule has 6 heteroatoms. The molecule has 0 aromatic heterocycles. The minimum Gasteiger partial charge on any atom is -0.377 e. The van der Waals surface area contributed by atoms with Crippen LogP contribution in [-0.4, -0.2) is 56.9 Å². The molecular weight excluding hydrogens is 240 g/mol. The van der Waals surface area contributed by atoms with Gasteiger partial charge in [0.2, 0.25) is 10.0 Å². The van der Waals surface area contributed by atoms with E-state index >= 15 is 0 Å². The van der Waals surface area contributed by atoms with E-state index < -0.39 is 10.0 Å². The van der Waals surface area contributed by atoms with Gasteiger partial charge in [0.15, 0.2) is 0 Å². The van der Waals surface area contributed by atoms with E-state index in [1.54, 1.807) is 4.31 Å². The highest BCUT2D eigenvalue weighted by Gasteiger charge is 2.30. The first-order chi connectivity index (χ1) is 8.08. The van der Waals surface area contributed by atoms with Gasteiger partial charge in [-0.3, -0.25) is 0 Å². The van der Waals surface area contributed by atoms with E-state index in [-0.39, 0.29) is 17.9 Å². The largest absolute Gasteiger partial charge is 0.377 e. The SMILES string of the molecule is C[C@@H]1CN(S(=O)(=O)CC2CCCCO2)CCN1. The molecule has 0 aliphatic carbocycles. The van der Waals surface area contributed by atoms with Gasteiger partial charge in [0.25, 0.3) is 0 Å². The smallest absolute Gasteiger partial charge is 0.216 e. The molecule has 2 saturated heterocycles. The zero-order valence-corrected chi connectivity index (χ0v) is 11.2. The van der Waals surface area contributed by atoms with Crippen LogP contribution in [0.15, 0.2) is 0 Å². The van der Waals surface area contributed by atoms with Crippen LogP contribution in [0.4, 0.5) is 0 Å². The Morgan fingerprint density at radius 3 is 2.88 bits per heavy atom. The van der Waals surface area contributed by atoms with Crippen LogP contribution in [0.5, 0.6) is 0 Å². The Morgan fingerprint density at radius 1 is 1.41 bits per heavy atom. The molecule has 0 aromatic carbocycles. The summed E-state index contributed by atoms with van der Waals surface area (Å²) in [5.74, 6) is 0.153. The maximum Gasteiger partial charge on any atom is 0.216 e. The quantitative estimate of drug-likeness (QED) is 0.788. The lowest BCUT2D eigenvalue weighted by atomic mass is 10.1. The highest BCUT2D eigenvalue weighted by Crippen LogP contribution is 2.17. The average molecular weight is 262 g/mol. The Morgan fingerprint density at radius 2 is 2.24 bits per heavy atom. The van der Waals surface area contributed by atoms with Gasteiger partial charge in [0.05, 0.1) is 11.9 Å². The molecule has 0 saturated carbocycles. The van der Waals surface area contributed by atoms with Crippen LogP contribution < -0.4 is 5.32 Å². The predicted molar refractivity (Wildman–Crippen MR) is 66.4 cm³/mol. The first-order valence-corrected chi connectivity index (χ1v) is 8.01. The van der Waals surface area contributed by atoms with Gasteiger partial charge >= 0.3 is 0 Å². The summed E-state index contributed by atoms with van der Waals surface area (Å²) >= 11 is 0. The van der Waals surface area contributed by atoms with Crippen LogP contribution in [-0.2, 0) is 14.8 Å². The van der Waals surface area contributed by atoms with Crippen LogP contribution in [0.3, 0.4) is 0 Å². The number of piperazine rings is 1. The average Bonchev–Trinajstić information content (AvgIpc) is 2.30. The first-order valence-electron chi connectivity index (χ1n) is 6.41. The van der Waals surface area contributed by atoms with Crippen LogP contribution in [0.25, 0.3) is 0 Å².